The number of nitrogens with zero attached hydrogens (tertiary/aromatic N) is 3. The van der Waals surface area contributed by atoms with Crippen molar-refractivity contribution in [2.24, 2.45) is 5.92 Å². The Morgan fingerprint density at radius 2 is 1.73 bits per heavy atom. The Balaban J connectivity index is 1.31. The molecule has 37 heavy (non-hydrogen) atoms. The van der Waals surface area contributed by atoms with Gasteiger partial charge in [0.25, 0.3) is 5.91 Å². The molecule has 0 unspecified atom stereocenters. The maximum absolute atomic E-state index is 13.5. The monoisotopic (exact) mass is 518 g/mol. The molecule has 8 nitrogen and oxygen atoms in total. The number of imidazole rings is 1. The van der Waals surface area contributed by atoms with Crippen LogP contribution < -0.4 is 11.0 Å². The van der Waals surface area contributed by atoms with Crippen LogP contribution in [-0.4, -0.2) is 37.1 Å². The van der Waals surface area contributed by atoms with Crippen LogP contribution in [0.15, 0.2) is 65.6 Å². The number of benzene rings is 2. The Bertz CT molecular complexity index is 1530. The predicted molar refractivity (Wildman–Crippen MR) is 142 cm³/mol. The highest BCUT2D eigenvalue weighted by atomic mass is 35.5. The van der Waals surface area contributed by atoms with E-state index < -0.39 is 5.97 Å². The number of aromatic carboxylic acids is 1. The van der Waals surface area contributed by atoms with Gasteiger partial charge in [-0.05, 0) is 81.0 Å². The quantitative estimate of drug-likeness (QED) is 0.380. The smallest absolute Gasteiger partial charge is 0.335 e. The fraction of sp³-hybridized carbons (Fsp3) is 0.286. The summed E-state index contributed by atoms with van der Waals surface area (Å²) in [5, 5.41) is 12.8. The summed E-state index contributed by atoms with van der Waals surface area (Å²) < 4.78 is 3.44. The second kappa shape index (κ2) is 10.2. The number of fused-ring (bicyclic) bond motifs is 1. The molecule has 0 spiro atoms. The Morgan fingerprint density at radius 3 is 2.41 bits per heavy atom. The molecule has 1 aliphatic carbocycles. The van der Waals surface area contributed by atoms with Gasteiger partial charge < -0.3 is 10.4 Å². The molecule has 1 aliphatic rings. The number of hydrogen-bond acceptors (Lipinski definition) is 4. The molecule has 9 heteroatoms. The van der Waals surface area contributed by atoms with Crippen molar-refractivity contribution in [1.82, 2.24) is 19.4 Å². The lowest BCUT2D eigenvalue weighted by atomic mass is 9.85. The topological polar surface area (TPSA) is 106 Å². The Labute approximate surface area is 218 Å². The van der Waals surface area contributed by atoms with Crippen molar-refractivity contribution in [2.75, 3.05) is 0 Å². The molecule has 190 valence electrons. The molecule has 1 amide bonds. The number of para-hydroxylation sites is 2. The predicted octanol–water partition coefficient (Wildman–Crippen LogP) is 4.84. The second-order valence-corrected chi connectivity index (χ2v) is 9.98. The fourth-order valence-corrected chi connectivity index (χ4v) is 5.29. The molecule has 5 rings (SSSR count). The molecule has 2 aromatic heterocycles. The molecule has 2 N–H and O–H groups in total. The summed E-state index contributed by atoms with van der Waals surface area (Å²) in [6.45, 7) is 2.37. The lowest BCUT2D eigenvalue weighted by Gasteiger charge is -2.29. The van der Waals surface area contributed by atoms with Gasteiger partial charge in [-0.2, -0.15) is 0 Å². The lowest BCUT2D eigenvalue weighted by molar-refractivity contribution is 0.0696. The van der Waals surface area contributed by atoms with Crippen molar-refractivity contribution in [3.05, 3.63) is 93.1 Å². The first-order valence-electron chi connectivity index (χ1n) is 12.3. The van der Waals surface area contributed by atoms with Gasteiger partial charge >= 0.3 is 11.7 Å². The largest absolute Gasteiger partial charge is 0.478 e. The zero-order valence-electron chi connectivity index (χ0n) is 20.4. The van der Waals surface area contributed by atoms with E-state index in [4.69, 9.17) is 11.6 Å². The SMILES string of the molecule is Cc1ncc(Cl)cc1C(=O)NC1CCC(Cn2c(=O)n(-c3ccc(C(=O)O)cc3)c3ccccc32)CC1. The van der Waals surface area contributed by atoms with Crippen LogP contribution in [0.25, 0.3) is 16.7 Å². The highest BCUT2D eigenvalue weighted by Gasteiger charge is 2.25. The standard InChI is InChI=1S/C28H27ClN4O4/c1-17-23(14-20(29)15-30-17)26(34)31-21-10-6-18(7-11-21)16-32-24-4-2-3-5-25(24)33(28(32)37)22-12-8-19(9-13-22)27(35)36/h2-5,8-9,12-15,18,21H,6-7,10-11,16H2,1H3,(H,31,34)(H,35,36). The number of carbonyl (C=O) groups excluding carboxylic acids is 1. The number of rotatable bonds is 6. The number of amides is 1. The van der Waals surface area contributed by atoms with Crippen LogP contribution in [0.2, 0.25) is 5.02 Å². The van der Waals surface area contributed by atoms with Crippen LogP contribution in [0.1, 0.15) is 52.1 Å². The first kappa shape index (κ1) is 24.8. The van der Waals surface area contributed by atoms with Crippen molar-refractivity contribution >= 4 is 34.5 Å². The molecule has 0 aliphatic heterocycles. The third kappa shape index (κ3) is 5.02. The van der Waals surface area contributed by atoms with Crippen molar-refractivity contribution in [2.45, 2.75) is 45.2 Å². The maximum Gasteiger partial charge on any atom is 0.335 e. The van der Waals surface area contributed by atoms with E-state index in [-0.39, 0.29) is 23.2 Å². The van der Waals surface area contributed by atoms with Gasteiger partial charge in [0.1, 0.15) is 0 Å². The molecule has 1 saturated carbocycles. The molecule has 0 bridgehead atoms. The van der Waals surface area contributed by atoms with Gasteiger partial charge in [-0.1, -0.05) is 23.7 Å². The van der Waals surface area contributed by atoms with Crippen LogP contribution >= 0.6 is 11.6 Å². The van der Waals surface area contributed by atoms with Gasteiger partial charge in [-0.15, -0.1) is 0 Å². The first-order valence-corrected chi connectivity index (χ1v) is 12.7. The van der Waals surface area contributed by atoms with Crippen LogP contribution in [0.5, 0.6) is 0 Å². The Kier molecular flexibility index (Phi) is 6.84. The fourth-order valence-electron chi connectivity index (χ4n) is 5.14. The van der Waals surface area contributed by atoms with E-state index in [1.807, 2.05) is 28.8 Å². The zero-order chi connectivity index (χ0) is 26.1. The average molecular weight is 519 g/mol. The number of hydrogen-bond donors (Lipinski definition) is 2. The van der Waals surface area contributed by atoms with Crippen molar-refractivity contribution in [1.29, 1.82) is 0 Å². The van der Waals surface area contributed by atoms with E-state index in [0.717, 1.165) is 36.7 Å². The van der Waals surface area contributed by atoms with Gasteiger partial charge in [0.05, 0.1) is 38.6 Å². The van der Waals surface area contributed by atoms with E-state index in [0.29, 0.717) is 34.4 Å². The summed E-state index contributed by atoms with van der Waals surface area (Å²) in [4.78, 5) is 41.7. The van der Waals surface area contributed by atoms with Crippen LogP contribution in [0.3, 0.4) is 0 Å². The number of aromatic nitrogens is 3. The summed E-state index contributed by atoms with van der Waals surface area (Å²) in [7, 11) is 0. The number of carboxylic acids is 1. The van der Waals surface area contributed by atoms with E-state index in [2.05, 4.69) is 10.3 Å². The number of carbonyl (C=O) groups is 2. The van der Waals surface area contributed by atoms with Gasteiger partial charge in [0.2, 0.25) is 0 Å². The number of aryl methyl sites for hydroxylation is 1. The summed E-state index contributed by atoms with van der Waals surface area (Å²) in [5.41, 5.74) is 3.41. The molecule has 4 aromatic rings. The van der Waals surface area contributed by atoms with E-state index in [9.17, 15) is 19.5 Å². The van der Waals surface area contributed by atoms with Gasteiger partial charge in [0.15, 0.2) is 0 Å². The minimum atomic E-state index is -1.01. The lowest BCUT2D eigenvalue weighted by Crippen LogP contribution is -2.39. The number of halogens is 1. The van der Waals surface area contributed by atoms with Crippen molar-refractivity contribution < 1.29 is 14.7 Å². The Morgan fingerprint density at radius 1 is 1.05 bits per heavy atom. The number of carboxylic acid groups (broad SMARTS) is 1. The van der Waals surface area contributed by atoms with Gasteiger partial charge in [-0.25, -0.2) is 9.59 Å². The summed E-state index contributed by atoms with van der Waals surface area (Å²) in [5.74, 6) is -0.870. The molecular weight excluding hydrogens is 492 g/mol. The number of nitrogens with one attached hydrogen (secondary N) is 1. The molecule has 0 radical (unpaired) electrons. The van der Waals surface area contributed by atoms with Crippen LogP contribution in [0, 0.1) is 12.8 Å². The summed E-state index contributed by atoms with van der Waals surface area (Å²) in [6, 6.07) is 15.7. The zero-order valence-corrected chi connectivity index (χ0v) is 21.1. The first-order chi connectivity index (χ1) is 17.8. The minimum absolute atomic E-state index is 0.0629. The minimum Gasteiger partial charge on any atom is -0.478 e. The molecule has 2 heterocycles. The summed E-state index contributed by atoms with van der Waals surface area (Å²) in [6.07, 6.45) is 4.96. The maximum atomic E-state index is 13.5. The third-order valence-electron chi connectivity index (χ3n) is 7.13. The number of pyridine rings is 1. The molecule has 2 aromatic carbocycles. The van der Waals surface area contributed by atoms with Gasteiger partial charge in [-0.3, -0.25) is 18.9 Å². The van der Waals surface area contributed by atoms with E-state index in [1.54, 1.807) is 29.7 Å². The summed E-state index contributed by atoms with van der Waals surface area (Å²) >= 11 is 6.02. The second-order valence-electron chi connectivity index (χ2n) is 9.55. The molecule has 0 atom stereocenters. The van der Waals surface area contributed by atoms with Gasteiger partial charge in [0, 0.05) is 18.8 Å². The van der Waals surface area contributed by atoms with Crippen LogP contribution in [0.4, 0.5) is 0 Å². The molecular formula is C28H27ClN4O4. The average Bonchev–Trinajstić information content (AvgIpc) is 3.17. The third-order valence-corrected chi connectivity index (χ3v) is 7.34. The van der Waals surface area contributed by atoms with E-state index >= 15 is 0 Å². The van der Waals surface area contributed by atoms with Crippen molar-refractivity contribution in [3.63, 3.8) is 0 Å². The normalized spacial score (nSPS) is 17.6. The molecule has 0 saturated heterocycles. The van der Waals surface area contributed by atoms with Crippen LogP contribution in [-0.2, 0) is 6.54 Å². The van der Waals surface area contributed by atoms with E-state index in [1.165, 1.54) is 18.3 Å². The molecule has 1 fully saturated rings. The Hall–Kier alpha value is -3.91. The highest BCUT2D eigenvalue weighted by Crippen LogP contribution is 2.28. The van der Waals surface area contributed by atoms with Crippen molar-refractivity contribution in [3.8, 4) is 5.69 Å². The highest BCUT2D eigenvalue weighted by molar-refractivity contribution is 6.30.